The maximum Gasteiger partial charge on any atom is 0.338 e. The van der Waals surface area contributed by atoms with E-state index in [1.165, 1.54) is 0 Å². The van der Waals surface area contributed by atoms with Gasteiger partial charge < -0.3 is 89.8 Å². The molecule has 8 N–H and O–H groups in total. The van der Waals surface area contributed by atoms with E-state index in [2.05, 4.69) is 4.74 Å². The number of nitrogens with two attached hydrogens (primary N) is 2. The van der Waals surface area contributed by atoms with Crippen molar-refractivity contribution < 1.29 is 77.1 Å². The van der Waals surface area contributed by atoms with Crippen LogP contribution in [0.25, 0.3) is 66.8 Å². The quantitative estimate of drug-likeness (QED) is 0.0372. The van der Waals surface area contributed by atoms with Gasteiger partial charge in [0.15, 0.2) is 0 Å². The van der Waals surface area contributed by atoms with Crippen LogP contribution in [0.5, 0.6) is 0 Å². The van der Waals surface area contributed by atoms with Crippen LogP contribution in [0, 0.1) is 10.8 Å². The average molecular weight is 954 g/mol. The predicted molar refractivity (Wildman–Crippen MR) is 247 cm³/mol. The number of carbonyl (C=O) groups is 2. The highest BCUT2D eigenvalue weighted by atomic mass is 35.5. The van der Waals surface area contributed by atoms with Crippen molar-refractivity contribution in [3.05, 3.63) is 143 Å². The summed E-state index contributed by atoms with van der Waals surface area (Å²) in [5.74, 6) is -0.378. The monoisotopic (exact) mass is 952 g/mol. The Hall–Kier alpha value is -6.82. The van der Waals surface area contributed by atoms with E-state index in [4.69, 9.17) is 55.2 Å². The van der Waals surface area contributed by atoms with Crippen molar-refractivity contribution in [1.82, 2.24) is 0 Å². The molecule has 4 aromatic carbocycles. The summed E-state index contributed by atoms with van der Waals surface area (Å²) in [7, 11) is 3.21. The largest absolute Gasteiger partial charge is 1.00 e. The van der Waals surface area contributed by atoms with E-state index in [1.54, 1.807) is 105 Å². The molecule has 0 spiro atoms. The van der Waals surface area contributed by atoms with Gasteiger partial charge in [0.1, 0.15) is 29.3 Å². The topological polar surface area (TPSA) is 247 Å². The number of halogens is 2. The zero-order valence-corrected chi connectivity index (χ0v) is 38.2. The summed E-state index contributed by atoms with van der Waals surface area (Å²) >= 11 is 0. The first-order chi connectivity index (χ1) is 31.5. The van der Waals surface area contributed by atoms with Gasteiger partial charge in [-0.3, -0.25) is 0 Å². The molecule has 0 unspecified atom stereocenters. The number of aromatic carboxylic acids is 1. The lowest BCUT2D eigenvalue weighted by molar-refractivity contribution is -0.001000. The van der Waals surface area contributed by atoms with E-state index in [-0.39, 0.29) is 43.6 Å². The standard InChI is InChI=1S/C25H24N2O5.C20H14N2O3.C5H12O3.2ClH/c1-29-10-11-30-12-13-31-25(28)19-5-3-2-4-18(19)24-20-8-6-16(26)14-22(20)32-23-15-17(27)7-9-21(23)24;21-11-5-7-15-17(9-11)25-18-10-12(22)6-8-16(18)19(15)13-3-1-2-4-14(13)20(23)24;1-7-4-5-8-3-2-6;;/h2-9,14-15,26H,10-13,27H2,1H3;1-10,21H,22H2,(H,23,24);6H,2-5H2,1H3;2*1H/p-2. The number of ether oxygens (including phenoxy) is 5. The first kappa shape index (κ1) is 52.8. The smallest absolute Gasteiger partial charge is 0.338 e. The molecule has 4 aliphatic rings. The van der Waals surface area contributed by atoms with E-state index in [0.717, 1.165) is 33.0 Å². The maximum atomic E-state index is 12.9. The van der Waals surface area contributed by atoms with Gasteiger partial charge in [-0.05, 0) is 71.8 Å². The fourth-order valence-corrected chi connectivity index (χ4v) is 6.98. The number of fused-ring (bicyclic) bond motifs is 4. The molecule has 15 nitrogen and oxygen atoms in total. The van der Waals surface area contributed by atoms with E-state index >= 15 is 0 Å². The lowest BCUT2D eigenvalue weighted by Crippen LogP contribution is -3.00. The number of esters is 1. The molecule has 352 valence electrons. The third-order valence-electron chi connectivity index (χ3n) is 9.89. The number of benzene rings is 6. The molecule has 4 aromatic rings. The van der Waals surface area contributed by atoms with Gasteiger partial charge in [0, 0.05) is 82.9 Å². The zero-order valence-electron chi connectivity index (χ0n) is 36.7. The second-order valence-corrected chi connectivity index (χ2v) is 14.4. The van der Waals surface area contributed by atoms with Crippen molar-refractivity contribution in [3.8, 4) is 44.9 Å². The summed E-state index contributed by atoms with van der Waals surface area (Å²) in [4.78, 5) is 24.6. The summed E-state index contributed by atoms with van der Waals surface area (Å²) in [6, 6.07) is 35.1. The number of nitrogen functional groups attached to an aromatic ring is 2. The van der Waals surface area contributed by atoms with Gasteiger partial charge in [-0.15, -0.1) is 0 Å². The third kappa shape index (κ3) is 13.4. The molecule has 67 heavy (non-hydrogen) atoms. The number of hydrogen-bond acceptors (Lipinski definition) is 14. The molecular formula is C50H50Cl2N4O11-2. The van der Waals surface area contributed by atoms with Crippen LogP contribution in [-0.4, -0.2) is 89.2 Å². The van der Waals surface area contributed by atoms with Crippen LogP contribution in [0.1, 0.15) is 20.7 Å². The van der Waals surface area contributed by atoms with Crippen molar-refractivity contribution in [1.29, 1.82) is 10.8 Å². The molecule has 8 rings (SSSR count). The molecule has 0 fully saturated rings. The fraction of sp³-hybridized carbons (Fsp3) is 0.200. The molecule has 0 saturated heterocycles. The summed E-state index contributed by atoms with van der Waals surface area (Å²) < 4.78 is 37.2. The number of aliphatic hydroxyl groups is 1. The minimum absolute atomic E-state index is 0. The van der Waals surface area contributed by atoms with E-state index in [0.29, 0.717) is 101 Å². The first-order valence-electron chi connectivity index (χ1n) is 20.5. The normalized spacial score (nSPS) is 10.6. The highest BCUT2D eigenvalue weighted by Crippen LogP contribution is 2.43. The number of carboxylic acid groups (broad SMARTS) is 1. The van der Waals surface area contributed by atoms with Gasteiger partial charge in [-0.2, -0.15) is 0 Å². The molecule has 0 bridgehead atoms. The van der Waals surface area contributed by atoms with Crippen molar-refractivity contribution in [3.63, 3.8) is 0 Å². The lowest BCUT2D eigenvalue weighted by atomic mass is 9.90. The number of aliphatic hydroxyl groups excluding tert-OH is 1. The van der Waals surface area contributed by atoms with Crippen LogP contribution in [0.4, 0.5) is 11.4 Å². The Morgan fingerprint density at radius 1 is 0.552 bits per heavy atom. The van der Waals surface area contributed by atoms with Gasteiger partial charge >= 0.3 is 11.9 Å². The Bertz CT molecular complexity index is 2950. The fourth-order valence-electron chi connectivity index (χ4n) is 6.98. The Morgan fingerprint density at radius 3 is 1.48 bits per heavy atom. The third-order valence-corrected chi connectivity index (χ3v) is 9.89. The molecule has 2 aliphatic carbocycles. The molecule has 2 aliphatic heterocycles. The predicted octanol–water partition coefficient (Wildman–Crippen LogP) is 1.70. The first-order valence-corrected chi connectivity index (χ1v) is 20.5. The highest BCUT2D eigenvalue weighted by molar-refractivity contribution is 6.09. The van der Waals surface area contributed by atoms with Crippen LogP contribution in [0.2, 0.25) is 0 Å². The molecule has 2 heterocycles. The van der Waals surface area contributed by atoms with E-state index in [9.17, 15) is 14.7 Å². The van der Waals surface area contributed by atoms with E-state index in [1.807, 2.05) is 30.3 Å². The molecule has 0 radical (unpaired) electrons. The van der Waals surface area contributed by atoms with Gasteiger partial charge in [0.2, 0.25) is 0 Å². The van der Waals surface area contributed by atoms with Crippen LogP contribution in [0.15, 0.2) is 130 Å². The number of rotatable bonds is 15. The second-order valence-electron chi connectivity index (χ2n) is 14.4. The van der Waals surface area contributed by atoms with Gasteiger partial charge in [0.25, 0.3) is 0 Å². The van der Waals surface area contributed by atoms with Crippen molar-refractivity contribution in [2.24, 2.45) is 0 Å². The van der Waals surface area contributed by atoms with Gasteiger partial charge in [-0.1, -0.05) is 36.4 Å². The van der Waals surface area contributed by atoms with Crippen LogP contribution < -0.4 is 47.0 Å². The van der Waals surface area contributed by atoms with Crippen molar-refractivity contribution in [2.45, 2.75) is 0 Å². The molecule has 0 aromatic heterocycles. The van der Waals surface area contributed by atoms with Gasteiger partial charge in [0.05, 0.1) is 68.1 Å². The highest BCUT2D eigenvalue weighted by Gasteiger charge is 2.23. The Balaban J connectivity index is 0.000000250. The number of carbonyl (C=O) groups excluding carboxylic acids is 1. The average Bonchev–Trinajstić information content (AvgIpc) is 3.30. The Morgan fingerprint density at radius 2 is 1.00 bits per heavy atom. The summed E-state index contributed by atoms with van der Waals surface area (Å²) in [5.41, 5.74) is 19.2. The lowest BCUT2D eigenvalue weighted by Gasteiger charge is -2.17. The SMILES string of the molecule is COCCOCCO.COCCOCCOC(=O)c1ccccc1-c1c2ccc(=N)cc-2oc2cc(N)ccc12.N=c1ccc2c(-c3ccccc3C(=O)O)c3ccc(N)cc3oc-2c1.[Cl-].[Cl-]. The number of nitrogens with one attached hydrogen (secondary N) is 2. The summed E-state index contributed by atoms with van der Waals surface area (Å²) in [6.07, 6.45) is 0. The zero-order chi connectivity index (χ0) is 46.3. The number of anilines is 2. The summed E-state index contributed by atoms with van der Waals surface area (Å²) in [6.45, 7) is 3.02. The Kier molecular flexibility index (Phi) is 20.3. The Labute approximate surface area is 398 Å². The number of methoxy groups -OCH3 is 2. The molecule has 17 heteroatoms. The number of hydrogen-bond donors (Lipinski definition) is 6. The molecule has 0 saturated carbocycles. The van der Waals surface area contributed by atoms with Crippen molar-refractivity contribution in [2.75, 3.05) is 78.5 Å². The van der Waals surface area contributed by atoms with Gasteiger partial charge in [-0.25, -0.2) is 9.59 Å². The van der Waals surface area contributed by atoms with Crippen LogP contribution in [0.3, 0.4) is 0 Å². The van der Waals surface area contributed by atoms with Crippen LogP contribution >= 0.6 is 0 Å². The molecule has 0 atom stereocenters. The summed E-state index contributed by atoms with van der Waals surface area (Å²) in [5, 5.41) is 35.8. The maximum absolute atomic E-state index is 12.9. The number of carboxylic acids is 1. The molecule has 0 amide bonds. The van der Waals surface area contributed by atoms with Crippen molar-refractivity contribution >= 4 is 45.3 Å². The molecular weight excluding hydrogens is 903 g/mol. The minimum Gasteiger partial charge on any atom is -1.00 e. The minimum atomic E-state index is -0.995. The van der Waals surface area contributed by atoms with E-state index < -0.39 is 11.9 Å². The van der Waals surface area contributed by atoms with Crippen LogP contribution in [-0.2, 0) is 23.7 Å². The second kappa shape index (κ2) is 25.8.